The number of hydrogen-bond donors (Lipinski definition) is 1. The molecule has 2 heterocycles. The van der Waals surface area contributed by atoms with Gasteiger partial charge in [-0.1, -0.05) is 41.0 Å². The Bertz CT molecular complexity index is 1130. The number of carbonyl (C=O) groups excluding carboxylic acids is 1. The molecule has 0 saturated carbocycles. The normalized spacial score (nSPS) is 20.9. The molecule has 4 nitrogen and oxygen atoms in total. The number of nitrogens with one attached hydrogen (secondary N) is 1. The molecule has 0 saturated heterocycles. The van der Waals surface area contributed by atoms with Crippen LogP contribution in [-0.4, -0.2) is 10.9 Å². The molecule has 0 spiro atoms. The van der Waals surface area contributed by atoms with Gasteiger partial charge in [0.2, 0.25) is 5.88 Å². The van der Waals surface area contributed by atoms with Gasteiger partial charge in [-0.2, -0.15) is 0 Å². The first-order valence-corrected chi connectivity index (χ1v) is 9.89. The zero-order valence-corrected chi connectivity index (χ0v) is 16.5. The van der Waals surface area contributed by atoms with Crippen molar-refractivity contribution in [2.75, 3.05) is 5.32 Å². The molecule has 1 aromatic heterocycles. The van der Waals surface area contributed by atoms with E-state index in [-0.39, 0.29) is 23.4 Å². The van der Waals surface area contributed by atoms with E-state index in [1.165, 1.54) is 12.1 Å². The van der Waals surface area contributed by atoms with Crippen LogP contribution in [0.1, 0.15) is 47.1 Å². The van der Waals surface area contributed by atoms with Crippen LogP contribution in [0.25, 0.3) is 0 Å². The van der Waals surface area contributed by atoms with Crippen molar-refractivity contribution in [3.05, 3.63) is 93.0 Å². The molecule has 2 atom stereocenters. The summed E-state index contributed by atoms with van der Waals surface area (Å²) in [5, 5.41) is 8.07. The number of fused-ring (bicyclic) bond motifs is 1. The summed E-state index contributed by atoms with van der Waals surface area (Å²) in [6.45, 7) is 1.86. The standard InChI is InChI=1S/C23H18ClFN2O2/c1-12-20-21(14-4-8-17(25)9-5-14)22-18(26-23(20)29-27-12)10-15(11-19(22)28)13-2-6-16(24)7-3-13/h2-9,15,21,26H,10-11H2,1H3/t15-,21+/m1/s1. The fourth-order valence-corrected chi connectivity index (χ4v) is 4.56. The van der Waals surface area contributed by atoms with E-state index in [0.29, 0.717) is 23.7 Å². The predicted octanol–water partition coefficient (Wildman–Crippen LogP) is 5.73. The van der Waals surface area contributed by atoms with Crippen LogP contribution < -0.4 is 5.32 Å². The van der Waals surface area contributed by atoms with Crippen molar-refractivity contribution in [2.45, 2.75) is 31.6 Å². The Labute approximate surface area is 172 Å². The van der Waals surface area contributed by atoms with E-state index in [2.05, 4.69) is 10.5 Å². The number of hydrogen-bond acceptors (Lipinski definition) is 4. The number of rotatable bonds is 2. The number of Topliss-reactive ketones (excluding diaryl/α,β-unsaturated/α-hetero) is 1. The van der Waals surface area contributed by atoms with Crippen LogP contribution in [0.2, 0.25) is 5.02 Å². The summed E-state index contributed by atoms with van der Waals surface area (Å²) in [4.78, 5) is 13.3. The number of anilines is 1. The molecule has 0 fully saturated rings. The molecule has 0 amide bonds. The van der Waals surface area contributed by atoms with Crippen molar-refractivity contribution in [3.63, 3.8) is 0 Å². The number of aromatic nitrogens is 1. The maximum atomic E-state index is 13.5. The van der Waals surface area contributed by atoms with Crippen LogP contribution in [0, 0.1) is 12.7 Å². The number of benzene rings is 2. The lowest BCUT2D eigenvalue weighted by atomic mass is 9.72. The van der Waals surface area contributed by atoms with E-state index >= 15 is 0 Å². The van der Waals surface area contributed by atoms with Gasteiger partial charge in [-0.3, -0.25) is 4.79 Å². The van der Waals surface area contributed by atoms with Gasteiger partial charge in [0.15, 0.2) is 5.78 Å². The van der Waals surface area contributed by atoms with Crippen molar-refractivity contribution >= 4 is 23.3 Å². The highest BCUT2D eigenvalue weighted by Crippen LogP contribution is 2.49. The number of allylic oxidation sites excluding steroid dienone is 2. The monoisotopic (exact) mass is 408 g/mol. The number of nitrogens with zero attached hydrogens (tertiary/aromatic N) is 1. The van der Waals surface area contributed by atoms with Gasteiger partial charge in [0.25, 0.3) is 0 Å². The molecule has 1 aliphatic carbocycles. The molecule has 0 unspecified atom stereocenters. The highest BCUT2D eigenvalue weighted by molar-refractivity contribution is 6.30. The zero-order chi connectivity index (χ0) is 20.1. The molecule has 1 N–H and O–H groups in total. The lowest BCUT2D eigenvalue weighted by molar-refractivity contribution is -0.116. The number of carbonyl (C=O) groups is 1. The van der Waals surface area contributed by atoms with Gasteiger partial charge in [-0.25, -0.2) is 4.39 Å². The average Bonchev–Trinajstić information content (AvgIpc) is 3.08. The third kappa shape index (κ3) is 3.06. The summed E-state index contributed by atoms with van der Waals surface area (Å²) in [5.74, 6) is 0.0774. The molecule has 29 heavy (non-hydrogen) atoms. The van der Waals surface area contributed by atoms with Crippen molar-refractivity contribution in [1.82, 2.24) is 5.16 Å². The topological polar surface area (TPSA) is 55.1 Å². The SMILES string of the molecule is Cc1noc2c1[C@H](c1ccc(F)cc1)C1=C(C[C@@H](c3ccc(Cl)cc3)CC1=O)N2. The molecule has 146 valence electrons. The van der Waals surface area contributed by atoms with Crippen LogP contribution in [0.5, 0.6) is 0 Å². The lowest BCUT2D eigenvalue weighted by Crippen LogP contribution is -2.29. The Morgan fingerprint density at radius 1 is 1.07 bits per heavy atom. The summed E-state index contributed by atoms with van der Waals surface area (Å²) in [6, 6.07) is 13.9. The Morgan fingerprint density at radius 3 is 2.48 bits per heavy atom. The van der Waals surface area contributed by atoms with Crippen molar-refractivity contribution in [3.8, 4) is 0 Å². The van der Waals surface area contributed by atoms with E-state index < -0.39 is 0 Å². The maximum absolute atomic E-state index is 13.5. The summed E-state index contributed by atoms with van der Waals surface area (Å²) < 4.78 is 19.0. The minimum Gasteiger partial charge on any atom is -0.338 e. The molecular formula is C23H18ClFN2O2. The van der Waals surface area contributed by atoms with Crippen LogP contribution >= 0.6 is 11.6 Å². The van der Waals surface area contributed by atoms with Gasteiger partial charge in [0.1, 0.15) is 5.82 Å². The maximum Gasteiger partial charge on any atom is 0.233 e. The minimum absolute atomic E-state index is 0.0606. The number of aryl methyl sites for hydroxylation is 1. The van der Waals surface area contributed by atoms with E-state index in [4.69, 9.17) is 16.1 Å². The molecule has 6 heteroatoms. The molecule has 0 bridgehead atoms. The quantitative estimate of drug-likeness (QED) is 0.588. The Hall–Kier alpha value is -2.92. The van der Waals surface area contributed by atoms with Crippen LogP contribution in [0.15, 0.2) is 64.3 Å². The predicted molar refractivity (Wildman–Crippen MR) is 109 cm³/mol. The Morgan fingerprint density at radius 2 is 1.76 bits per heavy atom. The summed E-state index contributed by atoms with van der Waals surface area (Å²) >= 11 is 6.01. The molecule has 2 aromatic carbocycles. The molecular weight excluding hydrogens is 391 g/mol. The van der Waals surface area contributed by atoms with E-state index in [1.54, 1.807) is 12.1 Å². The number of halogens is 2. The Balaban J connectivity index is 1.61. The zero-order valence-electron chi connectivity index (χ0n) is 15.7. The van der Waals surface area contributed by atoms with Crippen molar-refractivity contribution < 1.29 is 13.7 Å². The lowest BCUT2D eigenvalue weighted by Gasteiger charge is -2.34. The molecule has 3 aromatic rings. The molecule has 2 aliphatic rings. The summed E-state index contributed by atoms with van der Waals surface area (Å²) in [5.41, 5.74) is 5.06. The van der Waals surface area contributed by atoms with E-state index in [1.807, 2.05) is 31.2 Å². The van der Waals surface area contributed by atoms with Crippen LogP contribution in [0.4, 0.5) is 10.3 Å². The summed E-state index contributed by atoms with van der Waals surface area (Å²) in [6.07, 6.45) is 1.10. The summed E-state index contributed by atoms with van der Waals surface area (Å²) in [7, 11) is 0. The second-order valence-electron chi connectivity index (χ2n) is 7.59. The smallest absolute Gasteiger partial charge is 0.233 e. The highest BCUT2D eigenvalue weighted by atomic mass is 35.5. The average molecular weight is 409 g/mol. The third-order valence-electron chi connectivity index (χ3n) is 5.80. The molecule has 0 radical (unpaired) electrons. The van der Waals surface area contributed by atoms with Crippen molar-refractivity contribution in [2.24, 2.45) is 0 Å². The highest BCUT2D eigenvalue weighted by Gasteiger charge is 2.41. The third-order valence-corrected chi connectivity index (χ3v) is 6.05. The van der Waals surface area contributed by atoms with Gasteiger partial charge in [0.05, 0.1) is 11.3 Å². The minimum atomic E-state index is -0.313. The van der Waals surface area contributed by atoms with Crippen LogP contribution in [-0.2, 0) is 4.79 Å². The van der Waals surface area contributed by atoms with E-state index in [9.17, 15) is 9.18 Å². The second-order valence-corrected chi connectivity index (χ2v) is 8.03. The fourth-order valence-electron chi connectivity index (χ4n) is 4.43. The van der Waals surface area contributed by atoms with E-state index in [0.717, 1.165) is 33.7 Å². The molecule has 5 rings (SSSR count). The van der Waals surface area contributed by atoms with Crippen molar-refractivity contribution in [1.29, 1.82) is 0 Å². The second kappa shape index (κ2) is 6.85. The fraction of sp³-hybridized carbons (Fsp3) is 0.217. The molecule has 1 aliphatic heterocycles. The van der Waals surface area contributed by atoms with Gasteiger partial charge in [-0.15, -0.1) is 0 Å². The van der Waals surface area contributed by atoms with Crippen LogP contribution in [0.3, 0.4) is 0 Å². The largest absolute Gasteiger partial charge is 0.338 e. The Kier molecular flexibility index (Phi) is 4.28. The van der Waals surface area contributed by atoms with Gasteiger partial charge in [-0.05, 0) is 54.7 Å². The number of ketones is 1. The first-order chi connectivity index (χ1) is 14.0. The first-order valence-electron chi connectivity index (χ1n) is 9.51. The van der Waals surface area contributed by atoms with Gasteiger partial charge in [0, 0.05) is 28.6 Å². The van der Waals surface area contributed by atoms with Gasteiger partial charge < -0.3 is 9.84 Å². The van der Waals surface area contributed by atoms with Gasteiger partial charge >= 0.3 is 0 Å². The first kappa shape index (κ1) is 18.1.